The Bertz CT molecular complexity index is 501. The fourth-order valence-corrected chi connectivity index (χ4v) is 1.91. The van der Waals surface area contributed by atoms with Crippen molar-refractivity contribution >= 4 is 17.8 Å². The number of carbonyl (C=O) groups is 3. The van der Waals surface area contributed by atoms with E-state index >= 15 is 0 Å². The summed E-state index contributed by atoms with van der Waals surface area (Å²) in [5.41, 5.74) is 5.95. The quantitative estimate of drug-likeness (QED) is 0.751. The molecule has 2 amide bonds. The van der Waals surface area contributed by atoms with Gasteiger partial charge in [0.1, 0.15) is 5.92 Å². The molecule has 2 atom stereocenters. The summed E-state index contributed by atoms with van der Waals surface area (Å²) in [6.45, 7) is 1.31. The van der Waals surface area contributed by atoms with Crippen LogP contribution in [0.4, 0.5) is 0 Å². The topological polar surface area (TPSA) is 101 Å². The fraction of sp³-hybridized carbons (Fsp3) is 0.357. The normalized spacial score (nSPS) is 13.3. The zero-order valence-corrected chi connectivity index (χ0v) is 11.4. The smallest absolute Gasteiger partial charge is 0.315 e. The Morgan fingerprint density at radius 2 is 1.80 bits per heavy atom. The van der Waals surface area contributed by atoms with Crippen LogP contribution in [0.1, 0.15) is 24.9 Å². The molecule has 0 aliphatic heterocycles. The molecule has 0 saturated heterocycles. The molecule has 6 heteroatoms. The van der Waals surface area contributed by atoms with Gasteiger partial charge < -0.3 is 15.7 Å². The summed E-state index contributed by atoms with van der Waals surface area (Å²) < 4.78 is 0. The van der Waals surface area contributed by atoms with Crippen LogP contribution in [0.3, 0.4) is 0 Å². The molecule has 6 nitrogen and oxygen atoms in total. The highest BCUT2D eigenvalue weighted by Crippen LogP contribution is 2.24. The van der Waals surface area contributed by atoms with E-state index in [1.165, 1.54) is 18.9 Å². The summed E-state index contributed by atoms with van der Waals surface area (Å²) >= 11 is 0. The van der Waals surface area contributed by atoms with Gasteiger partial charge in [0.2, 0.25) is 11.8 Å². The van der Waals surface area contributed by atoms with Gasteiger partial charge in [-0.1, -0.05) is 30.3 Å². The minimum atomic E-state index is -1.20. The molecule has 0 aromatic heterocycles. The van der Waals surface area contributed by atoms with Gasteiger partial charge in [-0.3, -0.25) is 14.4 Å². The van der Waals surface area contributed by atoms with E-state index in [0.717, 1.165) is 5.56 Å². The van der Waals surface area contributed by atoms with Gasteiger partial charge in [-0.25, -0.2) is 0 Å². The van der Waals surface area contributed by atoms with E-state index in [9.17, 15) is 14.4 Å². The van der Waals surface area contributed by atoms with Crippen LogP contribution in [-0.2, 0) is 14.4 Å². The molecule has 1 aromatic rings. The summed E-state index contributed by atoms with van der Waals surface area (Å²) in [5.74, 6) is -3.49. The van der Waals surface area contributed by atoms with Crippen molar-refractivity contribution in [3.8, 4) is 0 Å². The molecule has 1 rings (SSSR count). The van der Waals surface area contributed by atoms with Crippen molar-refractivity contribution in [1.29, 1.82) is 0 Å². The average molecular weight is 278 g/mol. The molecule has 0 heterocycles. The fourth-order valence-electron chi connectivity index (χ4n) is 1.91. The summed E-state index contributed by atoms with van der Waals surface area (Å²) in [5, 5.41) is 8.90. The van der Waals surface area contributed by atoms with Crippen molar-refractivity contribution < 1.29 is 19.5 Å². The predicted molar refractivity (Wildman–Crippen MR) is 72.6 cm³/mol. The lowest BCUT2D eigenvalue weighted by Crippen LogP contribution is -2.39. The second kappa shape index (κ2) is 6.70. The van der Waals surface area contributed by atoms with Gasteiger partial charge in [0, 0.05) is 7.05 Å². The van der Waals surface area contributed by atoms with Crippen molar-refractivity contribution in [3.63, 3.8) is 0 Å². The number of nitrogens with two attached hydrogens (primary N) is 1. The number of carboxylic acid groups (broad SMARTS) is 1. The van der Waals surface area contributed by atoms with Crippen LogP contribution >= 0.6 is 0 Å². The number of primary amides is 1. The molecule has 20 heavy (non-hydrogen) atoms. The van der Waals surface area contributed by atoms with Crippen molar-refractivity contribution in [2.45, 2.75) is 19.4 Å². The summed E-state index contributed by atoms with van der Waals surface area (Å²) in [4.78, 5) is 35.4. The minimum Gasteiger partial charge on any atom is -0.481 e. The lowest BCUT2D eigenvalue weighted by Gasteiger charge is -2.29. The second-order valence-corrected chi connectivity index (χ2v) is 4.61. The van der Waals surface area contributed by atoms with E-state index in [-0.39, 0.29) is 6.42 Å². The molecule has 108 valence electrons. The molecule has 3 N–H and O–H groups in total. The number of carboxylic acids is 1. The molecule has 1 aromatic carbocycles. The SMILES string of the molecule is CC(C(=O)O)C(=O)N(C)C(CC(N)=O)c1ccccc1. The lowest BCUT2D eigenvalue weighted by atomic mass is 10.0. The van der Waals surface area contributed by atoms with Crippen LogP contribution < -0.4 is 5.73 Å². The standard InChI is InChI=1S/C14H18N2O4/c1-9(14(19)20)13(18)16(2)11(8-12(15)17)10-6-4-3-5-7-10/h3-7,9,11H,8H2,1-2H3,(H2,15,17)(H,19,20). The van der Waals surface area contributed by atoms with Gasteiger partial charge in [-0.2, -0.15) is 0 Å². The predicted octanol–water partition coefficient (Wildman–Crippen LogP) is 0.782. The highest BCUT2D eigenvalue weighted by Gasteiger charge is 2.30. The largest absolute Gasteiger partial charge is 0.481 e. The first-order valence-corrected chi connectivity index (χ1v) is 6.17. The maximum absolute atomic E-state index is 12.1. The molecule has 0 aliphatic rings. The average Bonchev–Trinajstić information content (AvgIpc) is 2.43. The number of amides is 2. The Morgan fingerprint density at radius 1 is 1.25 bits per heavy atom. The maximum Gasteiger partial charge on any atom is 0.315 e. The number of carbonyl (C=O) groups excluding carboxylic acids is 2. The Balaban J connectivity index is 3.02. The van der Waals surface area contributed by atoms with E-state index in [1.807, 2.05) is 6.07 Å². The van der Waals surface area contributed by atoms with Crippen LogP contribution in [-0.4, -0.2) is 34.8 Å². The van der Waals surface area contributed by atoms with E-state index in [1.54, 1.807) is 24.3 Å². The first-order chi connectivity index (χ1) is 9.34. The maximum atomic E-state index is 12.1. The van der Waals surface area contributed by atoms with Gasteiger partial charge in [-0.05, 0) is 12.5 Å². The van der Waals surface area contributed by atoms with Crippen LogP contribution in [0.25, 0.3) is 0 Å². The Morgan fingerprint density at radius 3 is 2.25 bits per heavy atom. The zero-order chi connectivity index (χ0) is 15.3. The Kier molecular flexibility index (Phi) is 5.25. The van der Waals surface area contributed by atoms with E-state index in [4.69, 9.17) is 10.8 Å². The summed E-state index contributed by atoms with van der Waals surface area (Å²) in [7, 11) is 1.47. The lowest BCUT2D eigenvalue weighted by molar-refractivity contribution is -0.150. The molecule has 0 radical (unpaired) electrons. The van der Waals surface area contributed by atoms with Crippen LogP contribution in [0.2, 0.25) is 0 Å². The molecular weight excluding hydrogens is 260 g/mol. The van der Waals surface area contributed by atoms with Gasteiger partial charge in [0.25, 0.3) is 0 Å². The van der Waals surface area contributed by atoms with E-state index < -0.39 is 29.7 Å². The van der Waals surface area contributed by atoms with Crippen LogP contribution in [0.15, 0.2) is 30.3 Å². The van der Waals surface area contributed by atoms with E-state index in [0.29, 0.717) is 0 Å². The number of aliphatic carboxylic acids is 1. The zero-order valence-electron chi connectivity index (χ0n) is 11.4. The summed E-state index contributed by atoms with van der Waals surface area (Å²) in [6, 6.07) is 8.34. The van der Waals surface area contributed by atoms with Gasteiger partial charge in [0.15, 0.2) is 0 Å². The first kappa shape index (κ1) is 15.7. The third-order valence-electron chi connectivity index (χ3n) is 3.13. The van der Waals surface area contributed by atoms with Crippen LogP contribution in [0, 0.1) is 5.92 Å². The number of benzene rings is 1. The molecule has 0 fully saturated rings. The first-order valence-electron chi connectivity index (χ1n) is 6.17. The van der Waals surface area contributed by atoms with Crippen molar-refractivity contribution in [1.82, 2.24) is 4.90 Å². The molecule has 0 spiro atoms. The van der Waals surface area contributed by atoms with Crippen molar-refractivity contribution in [3.05, 3.63) is 35.9 Å². The van der Waals surface area contributed by atoms with Crippen LogP contribution in [0.5, 0.6) is 0 Å². The van der Waals surface area contributed by atoms with Gasteiger partial charge in [0.05, 0.1) is 12.5 Å². The van der Waals surface area contributed by atoms with Gasteiger partial charge in [-0.15, -0.1) is 0 Å². The molecular formula is C14H18N2O4. The molecule has 0 aliphatic carbocycles. The molecule has 2 unspecified atom stereocenters. The monoisotopic (exact) mass is 278 g/mol. The highest BCUT2D eigenvalue weighted by atomic mass is 16.4. The highest BCUT2D eigenvalue weighted by molar-refractivity contribution is 5.96. The van der Waals surface area contributed by atoms with Crippen molar-refractivity contribution in [2.75, 3.05) is 7.05 Å². The van der Waals surface area contributed by atoms with Crippen molar-refractivity contribution in [2.24, 2.45) is 11.7 Å². The van der Waals surface area contributed by atoms with E-state index in [2.05, 4.69) is 0 Å². The summed E-state index contributed by atoms with van der Waals surface area (Å²) in [6.07, 6.45) is -0.0570. The van der Waals surface area contributed by atoms with Gasteiger partial charge >= 0.3 is 5.97 Å². The second-order valence-electron chi connectivity index (χ2n) is 4.61. The Labute approximate surface area is 117 Å². The number of rotatable bonds is 6. The molecule has 0 bridgehead atoms. The number of hydrogen-bond acceptors (Lipinski definition) is 3. The third kappa shape index (κ3) is 3.81. The number of hydrogen-bond donors (Lipinski definition) is 2. The Hall–Kier alpha value is -2.37. The third-order valence-corrected chi connectivity index (χ3v) is 3.13. The number of nitrogens with zero attached hydrogens (tertiary/aromatic N) is 1. The molecule has 0 saturated carbocycles. The minimum absolute atomic E-state index is 0.0570.